The van der Waals surface area contributed by atoms with E-state index in [1.54, 1.807) is 24.3 Å². The van der Waals surface area contributed by atoms with E-state index in [0.29, 0.717) is 5.75 Å². The average Bonchev–Trinajstić information content (AvgIpc) is 3.11. The molecule has 0 saturated carbocycles. The standard InChI is InChI=1S/C28H28NO5/c1-28(2,3)34-19-14-12-18(13-15-19)16-25(26(30)31)29-27(32)33-17-24-22-10-6-4-8-20(22)21-9-5-7-11-23(21)24/h4-15,24-25H,16-17H2,1-3H3,(H,29,32)/t25-/m0/s1. The zero-order valence-electron chi connectivity index (χ0n) is 19.5. The van der Waals surface area contributed by atoms with Crippen molar-refractivity contribution in [3.05, 3.63) is 89.5 Å². The van der Waals surface area contributed by atoms with Gasteiger partial charge in [0.05, 0.1) is 0 Å². The predicted molar refractivity (Wildman–Crippen MR) is 128 cm³/mol. The van der Waals surface area contributed by atoms with Crippen molar-refractivity contribution >= 4 is 12.1 Å². The highest BCUT2D eigenvalue weighted by molar-refractivity contribution is 5.81. The van der Waals surface area contributed by atoms with Crippen molar-refractivity contribution in [3.63, 3.8) is 0 Å². The predicted octanol–water partition coefficient (Wildman–Crippen LogP) is 5.27. The van der Waals surface area contributed by atoms with E-state index in [4.69, 9.17) is 9.47 Å². The molecule has 4 rings (SSSR count). The Morgan fingerprint density at radius 2 is 1.44 bits per heavy atom. The smallest absolute Gasteiger partial charge is 0.407 e. The third-order valence-electron chi connectivity index (χ3n) is 5.71. The molecule has 1 radical (unpaired) electrons. The zero-order valence-corrected chi connectivity index (χ0v) is 19.5. The molecule has 0 aliphatic heterocycles. The van der Waals surface area contributed by atoms with Gasteiger partial charge in [-0.2, -0.15) is 0 Å². The van der Waals surface area contributed by atoms with Crippen LogP contribution in [0.15, 0.2) is 72.8 Å². The number of hydrogen-bond acceptors (Lipinski definition) is 4. The van der Waals surface area contributed by atoms with E-state index in [0.717, 1.165) is 27.8 Å². The van der Waals surface area contributed by atoms with Gasteiger partial charge in [0.15, 0.2) is 0 Å². The first kappa shape index (κ1) is 23.4. The number of carbonyl (C=O) groups is 2. The van der Waals surface area contributed by atoms with Gasteiger partial charge in [-0.3, -0.25) is 0 Å². The lowest BCUT2D eigenvalue weighted by molar-refractivity contribution is -0.145. The zero-order chi connectivity index (χ0) is 24.3. The number of amides is 1. The summed E-state index contributed by atoms with van der Waals surface area (Å²) < 4.78 is 11.3. The molecule has 1 N–H and O–H groups in total. The number of hydrogen-bond donors (Lipinski definition) is 1. The van der Waals surface area contributed by atoms with Crippen molar-refractivity contribution in [2.45, 2.75) is 44.8 Å². The van der Waals surface area contributed by atoms with Gasteiger partial charge in [0.2, 0.25) is 0 Å². The highest BCUT2D eigenvalue weighted by Crippen LogP contribution is 2.44. The summed E-state index contributed by atoms with van der Waals surface area (Å²) >= 11 is 0. The van der Waals surface area contributed by atoms with Crippen LogP contribution in [-0.4, -0.2) is 30.3 Å². The molecule has 1 atom stereocenters. The Morgan fingerprint density at radius 3 is 1.97 bits per heavy atom. The number of fused-ring (bicyclic) bond motifs is 3. The molecule has 1 amide bonds. The Morgan fingerprint density at radius 1 is 0.882 bits per heavy atom. The molecule has 0 unspecified atom stereocenters. The van der Waals surface area contributed by atoms with Crippen LogP contribution in [0, 0.1) is 0 Å². The molecule has 0 aromatic heterocycles. The Labute approximate surface area is 199 Å². The van der Waals surface area contributed by atoms with Gasteiger partial charge in [-0.15, -0.1) is 0 Å². The SMILES string of the molecule is CC(C)(C)Oc1ccc(C[C@H](NC(=O)OCC2c3ccccc3-c3ccccc32)C([O])=O)cc1. The molecule has 0 fully saturated rings. The van der Waals surface area contributed by atoms with Crippen molar-refractivity contribution < 1.29 is 24.2 Å². The summed E-state index contributed by atoms with van der Waals surface area (Å²) in [5.41, 5.74) is 4.82. The van der Waals surface area contributed by atoms with Crippen LogP contribution in [0.1, 0.15) is 43.4 Å². The van der Waals surface area contributed by atoms with Gasteiger partial charge in [-0.25, -0.2) is 14.7 Å². The fraction of sp³-hybridized carbons (Fsp3) is 0.286. The minimum Gasteiger partial charge on any atom is -0.488 e. The molecule has 34 heavy (non-hydrogen) atoms. The molecule has 175 valence electrons. The summed E-state index contributed by atoms with van der Waals surface area (Å²) in [5.74, 6) is -0.788. The highest BCUT2D eigenvalue weighted by Gasteiger charge is 2.30. The number of ether oxygens (including phenoxy) is 2. The second-order valence-corrected chi connectivity index (χ2v) is 9.40. The number of nitrogens with one attached hydrogen (secondary N) is 1. The van der Waals surface area contributed by atoms with E-state index in [-0.39, 0.29) is 24.5 Å². The van der Waals surface area contributed by atoms with Crippen LogP contribution in [0.25, 0.3) is 11.1 Å². The number of alkyl carbamates (subject to hydrolysis) is 1. The van der Waals surface area contributed by atoms with Gasteiger partial charge < -0.3 is 14.8 Å². The van der Waals surface area contributed by atoms with Gasteiger partial charge in [-0.1, -0.05) is 60.7 Å². The summed E-state index contributed by atoms with van der Waals surface area (Å²) in [6, 6.07) is 21.9. The molecular formula is C28H28NO5. The molecule has 6 nitrogen and oxygen atoms in total. The third kappa shape index (κ3) is 5.39. The second kappa shape index (κ2) is 9.59. The third-order valence-corrected chi connectivity index (χ3v) is 5.71. The molecular weight excluding hydrogens is 430 g/mol. The van der Waals surface area contributed by atoms with Crippen LogP contribution < -0.4 is 10.1 Å². The van der Waals surface area contributed by atoms with Crippen LogP contribution in [0.3, 0.4) is 0 Å². The average molecular weight is 459 g/mol. The minimum atomic E-state index is -1.37. The summed E-state index contributed by atoms with van der Waals surface area (Å²) in [5, 5.41) is 14.1. The summed E-state index contributed by atoms with van der Waals surface area (Å²) in [4.78, 5) is 24.2. The topological polar surface area (TPSA) is 84.5 Å². The van der Waals surface area contributed by atoms with Crippen molar-refractivity contribution in [1.29, 1.82) is 0 Å². The van der Waals surface area contributed by atoms with Gasteiger partial charge in [0.1, 0.15) is 24.0 Å². The second-order valence-electron chi connectivity index (χ2n) is 9.40. The van der Waals surface area contributed by atoms with E-state index in [1.807, 2.05) is 57.2 Å². The molecule has 0 saturated heterocycles. The monoisotopic (exact) mass is 458 g/mol. The Hall–Kier alpha value is -3.80. The lowest BCUT2D eigenvalue weighted by Crippen LogP contribution is -2.42. The van der Waals surface area contributed by atoms with Crippen molar-refractivity contribution in [2.75, 3.05) is 6.61 Å². The first-order chi connectivity index (χ1) is 16.2. The fourth-order valence-electron chi connectivity index (χ4n) is 4.26. The first-order valence-corrected chi connectivity index (χ1v) is 11.3. The summed E-state index contributed by atoms with van der Waals surface area (Å²) in [6.07, 6.45) is -0.716. The lowest BCUT2D eigenvalue weighted by Gasteiger charge is -2.21. The van der Waals surface area contributed by atoms with E-state index in [9.17, 15) is 14.7 Å². The molecule has 0 spiro atoms. The lowest BCUT2D eigenvalue weighted by atomic mass is 9.98. The van der Waals surface area contributed by atoms with Crippen LogP contribution in [0.5, 0.6) is 5.75 Å². The molecule has 1 aliphatic rings. The molecule has 0 bridgehead atoms. The normalized spacial score (nSPS) is 13.5. The quantitative estimate of drug-likeness (QED) is 0.523. The minimum absolute atomic E-state index is 0.0718. The van der Waals surface area contributed by atoms with E-state index < -0.39 is 18.1 Å². The van der Waals surface area contributed by atoms with Crippen LogP contribution >= 0.6 is 0 Å². The van der Waals surface area contributed by atoms with E-state index in [1.165, 1.54) is 0 Å². The van der Waals surface area contributed by atoms with E-state index >= 15 is 0 Å². The van der Waals surface area contributed by atoms with Crippen molar-refractivity contribution in [1.82, 2.24) is 5.32 Å². The Kier molecular flexibility index (Phi) is 6.59. The van der Waals surface area contributed by atoms with Gasteiger partial charge in [0.25, 0.3) is 0 Å². The number of rotatable bonds is 7. The van der Waals surface area contributed by atoms with Gasteiger partial charge in [-0.05, 0) is 60.7 Å². The maximum atomic E-state index is 12.5. The maximum absolute atomic E-state index is 12.5. The highest BCUT2D eigenvalue weighted by atomic mass is 16.5. The molecule has 1 aliphatic carbocycles. The molecule has 0 heterocycles. The molecule has 6 heteroatoms. The van der Waals surface area contributed by atoms with E-state index in [2.05, 4.69) is 17.4 Å². The maximum Gasteiger partial charge on any atom is 0.407 e. The largest absolute Gasteiger partial charge is 0.488 e. The Bertz CT molecular complexity index is 1130. The molecule has 3 aromatic rings. The van der Waals surface area contributed by atoms with Crippen molar-refractivity contribution in [2.24, 2.45) is 0 Å². The Balaban J connectivity index is 1.38. The van der Waals surface area contributed by atoms with Crippen LogP contribution in [0.2, 0.25) is 0 Å². The fourth-order valence-corrected chi connectivity index (χ4v) is 4.26. The van der Waals surface area contributed by atoms with Crippen LogP contribution in [0.4, 0.5) is 4.79 Å². The summed E-state index contributed by atoms with van der Waals surface area (Å²) in [6.45, 7) is 5.96. The first-order valence-electron chi connectivity index (χ1n) is 11.3. The molecule has 3 aromatic carbocycles. The number of carbonyl (C=O) groups excluding carboxylic acids is 2. The van der Waals surface area contributed by atoms with Crippen molar-refractivity contribution in [3.8, 4) is 16.9 Å². The van der Waals surface area contributed by atoms with Crippen LogP contribution in [-0.2, 0) is 21.1 Å². The van der Waals surface area contributed by atoms with Gasteiger partial charge >= 0.3 is 12.1 Å². The van der Waals surface area contributed by atoms with Gasteiger partial charge in [0, 0.05) is 12.3 Å². The summed E-state index contributed by atoms with van der Waals surface area (Å²) in [7, 11) is 0. The number of benzene rings is 3.